The van der Waals surface area contributed by atoms with E-state index < -0.39 is 17.4 Å². The van der Waals surface area contributed by atoms with E-state index in [-0.39, 0.29) is 0 Å². The van der Waals surface area contributed by atoms with Gasteiger partial charge >= 0.3 is 11.9 Å². The van der Waals surface area contributed by atoms with Crippen LogP contribution in [0.4, 0.5) is 0 Å². The first kappa shape index (κ1) is 27.9. The molecule has 0 aliphatic rings. The number of carbonyl (C=O) groups is 2. The molecule has 0 spiro atoms. The van der Waals surface area contributed by atoms with E-state index in [0.717, 1.165) is 25.7 Å². The van der Waals surface area contributed by atoms with Crippen molar-refractivity contribution in [2.75, 3.05) is 13.2 Å². The number of unbranched alkanes of at least 4 members (excludes halogenated alkanes) is 12. The summed E-state index contributed by atoms with van der Waals surface area (Å²) in [6, 6.07) is 0. The highest BCUT2D eigenvalue weighted by Crippen LogP contribution is 2.30. The maximum absolute atomic E-state index is 12.7. The lowest BCUT2D eigenvalue weighted by Gasteiger charge is -2.27. The fourth-order valence-corrected chi connectivity index (χ4v) is 3.64. The van der Waals surface area contributed by atoms with E-state index in [9.17, 15) is 9.59 Å². The summed E-state index contributed by atoms with van der Waals surface area (Å²) < 4.78 is 11.0. The van der Waals surface area contributed by atoms with E-state index in [1.54, 1.807) is 0 Å². The van der Waals surface area contributed by atoms with Crippen molar-refractivity contribution in [3.8, 4) is 0 Å². The summed E-state index contributed by atoms with van der Waals surface area (Å²) in [6.07, 6.45) is 17.3. The van der Waals surface area contributed by atoms with Gasteiger partial charge in [0.05, 0.1) is 13.2 Å². The summed E-state index contributed by atoms with van der Waals surface area (Å²) in [4.78, 5) is 25.3. The minimum Gasteiger partial charge on any atom is -0.465 e. The highest BCUT2D eigenvalue weighted by Gasteiger charge is 2.45. The lowest BCUT2D eigenvalue weighted by atomic mass is 9.82. The maximum Gasteiger partial charge on any atom is 0.323 e. The van der Waals surface area contributed by atoms with Crippen molar-refractivity contribution in [2.45, 2.75) is 130 Å². The van der Waals surface area contributed by atoms with Crippen molar-refractivity contribution in [2.24, 2.45) is 5.41 Å². The van der Waals surface area contributed by atoms with Gasteiger partial charge < -0.3 is 9.47 Å². The molecule has 0 aliphatic carbocycles. The first-order valence-corrected chi connectivity index (χ1v) is 12.4. The second kappa shape index (κ2) is 18.9. The molecule has 0 N–H and O–H groups in total. The minimum absolute atomic E-state index is 0.402. The van der Waals surface area contributed by atoms with Crippen LogP contribution < -0.4 is 0 Å². The Hall–Kier alpha value is -1.06. The van der Waals surface area contributed by atoms with Crippen LogP contribution in [0, 0.1) is 5.41 Å². The SMILES string of the molecule is CCCCCCCCCOC(=O)C(CC)(CC)C(=O)OCCCCCCCCC. The van der Waals surface area contributed by atoms with Gasteiger partial charge in [-0.2, -0.15) is 0 Å². The number of hydrogen-bond acceptors (Lipinski definition) is 4. The molecule has 4 heteroatoms. The Morgan fingerprint density at radius 2 is 0.828 bits per heavy atom. The summed E-state index contributed by atoms with van der Waals surface area (Å²) in [5.74, 6) is -0.809. The molecule has 29 heavy (non-hydrogen) atoms. The lowest BCUT2D eigenvalue weighted by molar-refractivity contribution is -0.173. The van der Waals surface area contributed by atoms with Crippen LogP contribution in [0.3, 0.4) is 0 Å². The maximum atomic E-state index is 12.7. The van der Waals surface area contributed by atoms with E-state index in [4.69, 9.17) is 9.47 Å². The van der Waals surface area contributed by atoms with Gasteiger partial charge in [-0.3, -0.25) is 9.59 Å². The van der Waals surface area contributed by atoms with Crippen LogP contribution in [-0.2, 0) is 19.1 Å². The number of carbonyl (C=O) groups excluding carboxylic acids is 2. The fourth-order valence-electron chi connectivity index (χ4n) is 3.64. The van der Waals surface area contributed by atoms with Gasteiger partial charge in [0.2, 0.25) is 0 Å². The Labute approximate surface area is 180 Å². The zero-order valence-corrected chi connectivity index (χ0v) is 19.9. The molecule has 0 atom stereocenters. The summed E-state index contributed by atoms with van der Waals surface area (Å²) in [7, 11) is 0. The largest absolute Gasteiger partial charge is 0.465 e. The predicted molar refractivity (Wildman–Crippen MR) is 121 cm³/mol. The highest BCUT2D eigenvalue weighted by molar-refractivity contribution is 5.99. The minimum atomic E-state index is -1.14. The molecule has 0 heterocycles. The van der Waals surface area contributed by atoms with Gasteiger partial charge in [0.15, 0.2) is 5.41 Å². The Balaban J connectivity index is 4.14. The van der Waals surface area contributed by atoms with Crippen molar-refractivity contribution in [3.63, 3.8) is 0 Å². The van der Waals surface area contributed by atoms with Crippen LogP contribution in [0.15, 0.2) is 0 Å². The van der Waals surface area contributed by atoms with E-state index in [1.165, 1.54) is 64.2 Å². The Morgan fingerprint density at radius 1 is 0.517 bits per heavy atom. The number of hydrogen-bond donors (Lipinski definition) is 0. The van der Waals surface area contributed by atoms with Crippen LogP contribution in [0.1, 0.15) is 130 Å². The van der Waals surface area contributed by atoms with Crippen molar-refractivity contribution in [1.82, 2.24) is 0 Å². The first-order chi connectivity index (χ1) is 14.1. The Kier molecular flexibility index (Phi) is 18.2. The smallest absolute Gasteiger partial charge is 0.323 e. The quantitative estimate of drug-likeness (QED) is 0.119. The topological polar surface area (TPSA) is 52.6 Å². The zero-order chi connectivity index (χ0) is 21.8. The third-order valence-electron chi connectivity index (χ3n) is 5.95. The molecule has 0 bridgehead atoms. The van der Waals surface area contributed by atoms with Gasteiger partial charge in [-0.25, -0.2) is 0 Å². The summed E-state index contributed by atoms with van der Waals surface area (Å²) in [5, 5.41) is 0. The molecule has 0 aromatic carbocycles. The van der Waals surface area contributed by atoms with Gasteiger partial charge in [-0.1, -0.05) is 105 Å². The van der Waals surface area contributed by atoms with Crippen molar-refractivity contribution >= 4 is 11.9 Å². The van der Waals surface area contributed by atoms with E-state index in [1.807, 2.05) is 13.8 Å². The average molecular weight is 413 g/mol. The zero-order valence-electron chi connectivity index (χ0n) is 19.9. The first-order valence-electron chi connectivity index (χ1n) is 12.4. The second-order valence-corrected chi connectivity index (χ2v) is 8.30. The standard InChI is InChI=1S/C25H48O4/c1-5-9-11-13-15-17-19-21-28-23(26)25(7-3,8-4)24(27)29-22-20-18-16-14-12-10-6-2/h5-22H2,1-4H3. The van der Waals surface area contributed by atoms with Crippen molar-refractivity contribution in [1.29, 1.82) is 0 Å². The molecular weight excluding hydrogens is 364 g/mol. The molecule has 0 radical (unpaired) electrons. The van der Waals surface area contributed by atoms with E-state index >= 15 is 0 Å². The number of esters is 2. The molecule has 0 aromatic rings. The van der Waals surface area contributed by atoms with Gasteiger partial charge in [-0.05, 0) is 25.7 Å². The van der Waals surface area contributed by atoms with Gasteiger partial charge in [0.25, 0.3) is 0 Å². The molecule has 0 fully saturated rings. The van der Waals surface area contributed by atoms with Crippen LogP contribution in [0.2, 0.25) is 0 Å². The normalized spacial score (nSPS) is 11.4. The van der Waals surface area contributed by atoms with Crippen LogP contribution >= 0.6 is 0 Å². The molecule has 0 rings (SSSR count). The van der Waals surface area contributed by atoms with Gasteiger partial charge in [0.1, 0.15) is 0 Å². The molecule has 0 aromatic heterocycles. The third-order valence-corrected chi connectivity index (χ3v) is 5.95. The van der Waals surface area contributed by atoms with Crippen LogP contribution in [0.25, 0.3) is 0 Å². The second-order valence-electron chi connectivity index (χ2n) is 8.30. The third kappa shape index (κ3) is 12.3. The molecule has 172 valence electrons. The molecule has 0 amide bonds. The lowest BCUT2D eigenvalue weighted by Crippen LogP contribution is -2.41. The fraction of sp³-hybridized carbons (Fsp3) is 0.920. The average Bonchev–Trinajstić information content (AvgIpc) is 2.73. The van der Waals surface area contributed by atoms with Crippen molar-refractivity contribution in [3.05, 3.63) is 0 Å². The van der Waals surface area contributed by atoms with E-state index in [0.29, 0.717) is 26.1 Å². The summed E-state index contributed by atoms with van der Waals surface area (Å²) in [6.45, 7) is 8.97. The molecule has 0 unspecified atom stereocenters. The van der Waals surface area contributed by atoms with Crippen molar-refractivity contribution < 1.29 is 19.1 Å². The molecule has 0 aliphatic heterocycles. The highest BCUT2D eigenvalue weighted by atomic mass is 16.6. The Morgan fingerprint density at radius 3 is 1.14 bits per heavy atom. The Bertz CT molecular complexity index is 368. The molecule has 0 saturated heterocycles. The monoisotopic (exact) mass is 412 g/mol. The van der Waals surface area contributed by atoms with Gasteiger partial charge in [-0.15, -0.1) is 0 Å². The van der Waals surface area contributed by atoms with E-state index in [2.05, 4.69) is 13.8 Å². The van der Waals surface area contributed by atoms with Crippen LogP contribution in [0.5, 0.6) is 0 Å². The predicted octanol–water partition coefficient (Wildman–Crippen LogP) is 7.38. The van der Waals surface area contributed by atoms with Gasteiger partial charge in [0, 0.05) is 0 Å². The number of ether oxygens (including phenoxy) is 2. The molecular formula is C25H48O4. The summed E-state index contributed by atoms with van der Waals surface area (Å²) in [5.41, 5.74) is -1.14. The molecule has 4 nitrogen and oxygen atoms in total. The summed E-state index contributed by atoms with van der Waals surface area (Å²) >= 11 is 0. The number of rotatable bonds is 20. The van der Waals surface area contributed by atoms with Crippen LogP contribution in [-0.4, -0.2) is 25.2 Å². The molecule has 0 saturated carbocycles.